The van der Waals surface area contributed by atoms with Gasteiger partial charge in [-0.3, -0.25) is 9.89 Å². The van der Waals surface area contributed by atoms with Crippen LogP contribution in [0.15, 0.2) is 0 Å². The summed E-state index contributed by atoms with van der Waals surface area (Å²) in [4.78, 5) is 19.2. The Morgan fingerprint density at radius 2 is 2.00 bits per heavy atom. The van der Waals surface area contributed by atoms with Crippen molar-refractivity contribution in [1.82, 2.24) is 40.6 Å². The molecule has 0 unspecified atom stereocenters. The number of carbonyl (C=O) groups excluding carboxylic acids is 1. The summed E-state index contributed by atoms with van der Waals surface area (Å²) < 4.78 is 43.5. The van der Waals surface area contributed by atoms with Gasteiger partial charge in [0.05, 0.1) is 6.61 Å². The van der Waals surface area contributed by atoms with Crippen molar-refractivity contribution in [1.29, 1.82) is 0 Å². The second-order valence-electron chi connectivity index (χ2n) is 4.87. The van der Waals surface area contributed by atoms with E-state index in [1.54, 1.807) is 12.2 Å². The number of nitrogens with zero attached hydrogens (tertiary/aromatic N) is 5. The van der Waals surface area contributed by atoms with Crippen molar-refractivity contribution >= 4 is 18.3 Å². The van der Waals surface area contributed by atoms with Crippen LogP contribution >= 0.6 is 12.4 Å². The molecule has 0 saturated carbocycles. The van der Waals surface area contributed by atoms with Crippen LogP contribution in [0.3, 0.4) is 0 Å². The van der Waals surface area contributed by atoms with E-state index in [1.807, 2.05) is 0 Å². The molecular weight excluding hydrogens is 381 g/mol. The van der Waals surface area contributed by atoms with Crippen LogP contribution in [0.4, 0.5) is 13.2 Å². The van der Waals surface area contributed by atoms with Crippen LogP contribution in [0, 0.1) is 6.92 Å². The number of aryl methyl sites for hydroxylation is 1. The molecule has 0 aliphatic heterocycles. The molecule has 0 radical (unpaired) electrons. The van der Waals surface area contributed by atoms with Crippen LogP contribution in [-0.2, 0) is 10.9 Å². The monoisotopic (exact) mass is 398 g/mol. The molecule has 3 N–H and O–H groups in total. The predicted octanol–water partition coefficient (Wildman–Crippen LogP) is 0.100. The first kappa shape index (κ1) is 21.8. The summed E-state index contributed by atoms with van der Waals surface area (Å²) in [6.07, 6.45) is -4.66. The fourth-order valence-corrected chi connectivity index (χ4v) is 1.79. The smallest absolute Gasteiger partial charge is 0.383 e. The third-order valence-corrected chi connectivity index (χ3v) is 2.97. The zero-order valence-corrected chi connectivity index (χ0v) is 14.7. The van der Waals surface area contributed by atoms with E-state index in [0.717, 1.165) is 4.68 Å². The molecule has 2 rings (SSSR count). The summed E-state index contributed by atoms with van der Waals surface area (Å²) >= 11 is 0. The van der Waals surface area contributed by atoms with Gasteiger partial charge in [-0.05, 0) is 6.92 Å². The molecule has 0 aliphatic rings. The minimum absolute atomic E-state index is 0. The first-order chi connectivity index (χ1) is 11.8. The molecule has 0 aliphatic carbocycles. The Kier molecular flexibility index (Phi) is 7.92. The zero-order chi connectivity index (χ0) is 18.4. The lowest BCUT2D eigenvalue weighted by atomic mass is 10.5. The maximum atomic E-state index is 12.5. The lowest BCUT2D eigenvalue weighted by molar-refractivity contribution is -0.144. The lowest BCUT2D eigenvalue weighted by Crippen LogP contribution is -2.33. The summed E-state index contributed by atoms with van der Waals surface area (Å²) in [5.41, 5.74) is 0. The molecule has 0 bridgehead atoms. The number of alkyl halides is 3. The first-order valence-corrected chi connectivity index (χ1v) is 7.24. The quantitative estimate of drug-likeness (QED) is 0.539. The van der Waals surface area contributed by atoms with E-state index in [1.165, 1.54) is 6.92 Å². The number of aromatic nitrogens is 6. The van der Waals surface area contributed by atoms with E-state index in [0.29, 0.717) is 26.2 Å². The van der Waals surface area contributed by atoms with Crippen molar-refractivity contribution in [3.05, 3.63) is 17.5 Å². The number of amides is 1. The standard InChI is InChI=1S/C12H17F3N8O2.ClH/c1-7-18-8(9(24)17-4-3-16-5-6-25-2)22-23(7)11-19-10(20-21-11)12(13,14)15;/h16H,3-6H2,1-2H3,(H,17,24)(H,19,20,21);1H. The van der Waals surface area contributed by atoms with Crippen LogP contribution in [-0.4, -0.2) is 69.2 Å². The summed E-state index contributed by atoms with van der Waals surface area (Å²) in [7, 11) is 1.58. The number of hydrogen-bond donors (Lipinski definition) is 3. The topological polar surface area (TPSA) is 123 Å². The minimum Gasteiger partial charge on any atom is -0.383 e. The van der Waals surface area contributed by atoms with E-state index in [-0.39, 0.29) is 30.0 Å². The van der Waals surface area contributed by atoms with Crippen molar-refractivity contribution in [2.45, 2.75) is 13.1 Å². The van der Waals surface area contributed by atoms with Crippen LogP contribution in [0.1, 0.15) is 22.3 Å². The average Bonchev–Trinajstić information content (AvgIpc) is 3.16. The number of rotatable bonds is 8. The SMILES string of the molecule is COCCNCCNC(=O)c1nc(C)n(-c2n[nH]c(C(F)(F)F)n2)n1.Cl. The number of carbonyl (C=O) groups is 1. The van der Waals surface area contributed by atoms with Crippen LogP contribution < -0.4 is 10.6 Å². The number of H-pyrrole nitrogens is 1. The van der Waals surface area contributed by atoms with Gasteiger partial charge < -0.3 is 15.4 Å². The Morgan fingerprint density at radius 1 is 1.27 bits per heavy atom. The highest BCUT2D eigenvalue weighted by Gasteiger charge is 2.35. The molecular formula is C12H18ClF3N8O2. The molecule has 2 aromatic heterocycles. The number of hydrogen-bond acceptors (Lipinski definition) is 7. The predicted molar refractivity (Wildman–Crippen MR) is 85.4 cm³/mol. The highest BCUT2D eigenvalue weighted by atomic mass is 35.5. The maximum Gasteiger partial charge on any atom is 0.451 e. The van der Waals surface area contributed by atoms with Crippen molar-refractivity contribution in [3.8, 4) is 5.95 Å². The fourth-order valence-electron chi connectivity index (χ4n) is 1.79. The molecule has 0 atom stereocenters. The molecule has 2 heterocycles. The maximum absolute atomic E-state index is 12.5. The summed E-state index contributed by atoms with van der Waals surface area (Å²) in [6, 6.07) is 0. The van der Waals surface area contributed by atoms with E-state index < -0.39 is 17.9 Å². The third kappa shape index (κ3) is 5.64. The van der Waals surface area contributed by atoms with E-state index in [4.69, 9.17) is 4.74 Å². The Balaban J connectivity index is 0.00000338. The number of ether oxygens (including phenoxy) is 1. The van der Waals surface area contributed by atoms with Crippen LogP contribution in [0.25, 0.3) is 5.95 Å². The molecule has 10 nitrogen and oxygen atoms in total. The van der Waals surface area contributed by atoms with E-state index in [9.17, 15) is 18.0 Å². The fraction of sp³-hybridized carbons (Fsp3) is 0.583. The van der Waals surface area contributed by atoms with E-state index >= 15 is 0 Å². The highest BCUT2D eigenvalue weighted by Crippen LogP contribution is 2.26. The van der Waals surface area contributed by atoms with Gasteiger partial charge in [0.15, 0.2) is 0 Å². The molecule has 1 amide bonds. The summed E-state index contributed by atoms with van der Waals surface area (Å²) in [6.45, 7) is 3.51. The van der Waals surface area contributed by atoms with Crippen LogP contribution in [0.2, 0.25) is 0 Å². The molecule has 2 aromatic rings. The normalized spacial score (nSPS) is 11.3. The van der Waals surface area contributed by atoms with Crippen molar-refractivity contribution in [2.24, 2.45) is 0 Å². The second kappa shape index (κ2) is 9.45. The number of methoxy groups -OCH3 is 1. The Morgan fingerprint density at radius 3 is 2.62 bits per heavy atom. The molecule has 0 aromatic carbocycles. The van der Waals surface area contributed by atoms with Gasteiger partial charge in [-0.2, -0.15) is 22.8 Å². The molecule has 0 saturated heterocycles. The highest BCUT2D eigenvalue weighted by molar-refractivity contribution is 5.90. The van der Waals surface area contributed by atoms with Gasteiger partial charge >= 0.3 is 6.18 Å². The van der Waals surface area contributed by atoms with Gasteiger partial charge in [-0.15, -0.1) is 22.6 Å². The van der Waals surface area contributed by atoms with E-state index in [2.05, 4.69) is 30.8 Å². The molecule has 146 valence electrons. The van der Waals surface area contributed by atoms with Crippen LogP contribution in [0.5, 0.6) is 0 Å². The van der Waals surface area contributed by atoms with Gasteiger partial charge in [0.25, 0.3) is 11.9 Å². The first-order valence-electron chi connectivity index (χ1n) is 7.24. The van der Waals surface area contributed by atoms with Crippen molar-refractivity contribution < 1.29 is 22.7 Å². The largest absolute Gasteiger partial charge is 0.451 e. The number of halogens is 4. The van der Waals surface area contributed by atoms with Gasteiger partial charge in [0.1, 0.15) is 5.82 Å². The average molecular weight is 399 g/mol. The number of nitrogens with one attached hydrogen (secondary N) is 3. The molecule has 14 heteroatoms. The van der Waals surface area contributed by atoms with Gasteiger partial charge in [0.2, 0.25) is 11.6 Å². The Bertz CT molecular complexity index is 718. The van der Waals surface area contributed by atoms with Gasteiger partial charge in [0, 0.05) is 26.7 Å². The number of aromatic amines is 1. The van der Waals surface area contributed by atoms with Gasteiger partial charge in [-0.1, -0.05) is 0 Å². The van der Waals surface area contributed by atoms with Gasteiger partial charge in [-0.25, -0.2) is 4.98 Å². The summed E-state index contributed by atoms with van der Waals surface area (Å²) in [5.74, 6) is -2.17. The molecule has 0 spiro atoms. The zero-order valence-electron chi connectivity index (χ0n) is 13.9. The minimum atomic E-state index is -4.66. The second-order valence-corrected chi connectivity index (χ2v) is 4.87. The van der Waals surface area contributed by atoms with Crippen molar-refractivity contribution in [2.75, 3.05) is 33.4 Å². The van der Waals surface area contributed by atoms with Crippen molar-refractivity contribution in [3.63, 3.8) is 0 Å². The summed E-state index contributed by atoms with van der Waals surface area (Å²) in [5, 5.41) is 14.7. The Hall–Kier alpha value is -2.25. The molecule has 26 heavy (non-hydrogen) atoms. The Labute approximate surface area is 152 Å². The molecule has 0 fully saturated rings. The third-order valence-electron chi connectivity index (χ3n) is 2.97. The lowest BCUT2D eigenvalue weighted by Gasteiger charge is -2.04.